The minimum Gasteiger partial charge on any atom is -0.458 e. The summed E-state index contributed by atoms with van der Waals surface area (Å²) < 4.78 is 29.8. The van der Waals surface area contributed by atoms with Crippen molar-refractivity contribution < 1.29 is 23.1 Å². The number of carbonyl (C=O) groups is 2. The lowest BCUT2D eigenvalue weighted by Crippen LogP contribution is -2.34. The first-order chi connectivity index (χ1) is 6.88. The van der Waals surface area contributed by atoms with Crippen LogP contribution in [0.3, 0.4) is 0 Å². The number of carbonyl (C=O) groups excluding carboxylic acids is 2. The van der Waals surface area contributed by atoms with E-state index in [4.69, 9.17) is 4.74 Å². The van der Waals surface area contributed by atoms with Gasteiger partial charge in [-0.25, -0.2) is 4.79 Å². The summed E-state index contributed by atoms with van der Waals surface area (Å²) in [6, 6.07) is 0. The van der Waals surface area contributed by atoms with Crippen LogP contribution < -0.4 is 0 Å². The van der Waals surface area contributed by atoms with E-state index in [-0.39, 0.29) is 17.6 Å². The number of rotatable bonds is 2. The molecule has 0 amide bonds. The van der Waals surface area contributed by atoms with Gasteiger partial charge in [-0.2, -0.15) is 8.78 Å². The lowest BCUT2D eigenvalue weighted by Gasteiger charge is -2.22. The van der Waals surface area contributed by atoms with E-state index in [9.17, 15) is 18.4 Å². The predicted octanol–water partition coefficient (Wildman–Crippen LogP) is 1.55. The molecule has 15 heavy (non-hydrogen) atoms. The summed E-state index contributed by atoms with van der Waals surface area (Å²) in [6.45, 7) is 0.522. The Labute approximate surface area is 85.8 Å². The Hall–Kier alpha value is -1.00. The average molecular weight is 218 g/mol. The second kappa shape index (κ2) is 3.25. The molecule has 3 unspecified atom stereocenters. The molecule has 2 aliphatic rings. The topological polar surface area (TPSA) is 43.4 Å². The van der Waals surface area contributed by atoms with Gasteiger partial charge in [0.25, 0.3) is 0 Å². The molecule has 0 radical (unpaired) electrons. The van der Waals surface area contributed by atoms with Crippen LogP contribution in [0.25, 0.3) is 0 Å². The Kier molecular flexibility index (Phi) is 2.28. The van der Waals surface area contributed by atoms with E-state index < -0.39 is 18.0 Å². The number of ether oxygens (including phenoxy) is 1. The van der Waals surface area contributed by atoms with Crippen LogP contribution in [0.15, 0.2) is 0 Å². The Bertz CT molecular complexity index is 308. The average Bonchev–Trinajstić information content (AvgIpc) is 2.61. The molecule has 0 aliphatic heterocycles. The van der Waals surface area contributed by atoms with Gasteiger partial charge >= 0.3 is 11.9 Å². The summed E-state index contributed by atoms with van der Waals surface area (Å²) in [5.74, 6) is -4.85. The van der Waals surface area contributed by atoms with Gasteiger partial charge in [-0.05, 0) is 12.8 Å². The van der Waals surface area contributed by atoms with Crippen LogP contribution in [0.5, 0.6) is 0 Å². The largest absolute Gasteiger partial charge is 0.458 e. The molecule has 2 bridgehead atoms. The summed E-state index contributed by atoms with van der Waals surface area (Å²) >= 11 is 0. The van der Waals surface area contributed by atoms with Crippen LogP contribution in [0.1, 0.15) is 26.2 Å². The van der Waals surface area contributed by atoms with Gasteiger partial charge in [0.05, 0.1) is 0 Å². The summed E-state index contributed by atoms with van der Waals surface area (Å²) in [7, 11) is 0. The van der Waals surface area contributed by atoms with Crippen molar-refractivity contribution >= 4 is 11.8 Å². The summed E-state index contributed by atoms with van der Waals surface area (Å²) in [5, 5.41) is 0. The van der Waals surface area contributed by atoms with Crippen molar-refractivity contribution in [2.75, 3.05) is 0 Å². The number of halogens is 2. The third kappa shape index (κ3) is 1.87. The van der Waals surface area contributed by atoms with Crippen molar-refractivity contribution in [2.24, 2.45) is 11.8 Å². The van der Waals surface area contributed by atoms with Crippen molar-refractivity contribution in [1.29, 1.82) is 0 Å². The molecule has 84 valence electrons. The second-order valence-corrected chi connectivity index (χ2v) is 4.43. The van der Waals surface area contributed by atoms with Gasteiger partial charge in [0.1, 0.15) is 11.9 Å². The third-order valence-corrected chi connectivity index (χ3v) is 3.17. The number of Topliss-reactive ketones (excluding diaryl/α,β-unsaturated/α-hetero) is 1. The van der Waals surface area contributed by atoms with Gasteiger partial charge in [-0.1, -0.05) is 0 Å². The van der Waals surface area contributed by atoms with Crippen LogP contribution in [-0.4, -0.2) is 23.8 Å². The van der Waals surface area contributed by atoms with E-state index in [0.717, 1.165) is 0 Å². The monoisotopic (exact) mass is 218 g/mol. The number of fused-ring (bicyclic) bond motifs is 2. The van der Waals surface area contributed by atoms with Crippen LogP contribution in [0, 0.1) is 11.8 Å². The summed E-state index contributed by atoms with van der Waals surface area (Å²) in [6.07, 6.45) is 1.00. The molecule has 3 atom stereocenters. The lowest BCUT2D eigenvalue weighted by atomic mass is 9.96. The lowest BCUT2D eigenvalue weighted by molar-refractivity contribution is -0.177. The summed E-state index contributed by atoms with van der Waals surface area (Å²) in [4.78, 5) is 22.1. The zero-order valence-electron chi connectivity index (χ0n) is 8.33. The number of ketones is 1. The van der Waals surface area contributed by atoms with Crippen LogP contribution >= 0.6 is 0 Å². The molecular formula is C10H12F2O3. The SMILES string of the molecule is CC(F)(F)C(=O)OC1CC2CC1CC2=O. The van der Waals surface area contributed by atoms with Gasteiger partial charge in [-0.15, -0.1) is 0 Å². The van der Waals surface area contributed by atoms with Crippen LogP contribution in [0.4, 0.5) is 8.78 Å². The minimum atomic E-state index is -3.44. The molecular weight excluding hydrogens is 206 g/mol. The molecule has 3 nitrogen and oxygen atoms in total. The Morgan fingerprint density at radius 3 is 2.53 bits per heavy atom. The Balaban J connectivity index is 1.94. The number of esters is 1. The molecule has 0 aromatic rings. The number of alkyl halides is 2. The number of hydrogen-bond acceptors (Lipinski definition) is 3. The molecule has 2 rings (SSSR count). The molecule has 0 spiro atoms. The van der Waals surface area contributed by atoms with Gasteiger partial charge in [0, 0.05) is 25.2 Å². The second-order valence-electron chi connectivity index (χ2n) is 4.43. The van der Waals surface area contributed by atoms with Crippen molar-refractivity contribution in [2.45, 2.75) is 38.2 Å². The molecule has 2 saturated carbocycles. The van der Waals surface area contributed by atoms with Gasteiger partial charge in [0.15, 0.2) is 0 Å². The first-order valence-electron chi connectivity index (χ1n) is 4.99. The smallest absolute Gasteiger partial charge is 0.376 e. The predicted molar refractivity (Wildman–Crippen MR) is 46.3 cm³/mol. The molecule has 2 aliphatic carbocycles. The fourth-order valence-electron chi connectivity index (χ4n) is 2.37. The fourth-order valence-corrected chi connectivity index (χ4v) is 2.37. The standard InChI is InChI=1S/C10H12F2O3/c1-10(11,12)9(14)15-8-4-5-2-6(8)3-7(5)13/h5-6,8H,2-4H2,1H3. The van der Waals surface area contributed by atoms with E-state index in [1.54, 1.807) is 0 Å². The van der Waals surface area contributed by atoms with Gasteiger partial charge in [0.2, 0.25) is 0 Å². The normalized spacial score (nSPS) is 34.6. The molecule has 2 fully saturated rings. The molecule has 0 N–H and O–H groups in total. The Morgan fingerprint density at radius 1 is 1.47 bits per heavy atom. The van der Waals surface area contributed by atoms with E-state index in [1.807, 2.05) is 0 Å². The molecule has 0 aromatic heterocycles. The van der Waals surface area contributed by atoms with Gasteiger partial charge < -0.3 is 4.74 Å². The van der Waals surface area contributed by atoms with E-state index in [1.165, 1.54) is 0 Å². The Morgan fingerprint density at radius 2 is 2.13 bits per heavy atom. The number of hydrogen-bond donors (Lipinski definition) is 0. The van der Waals surface area contributed by atoms with Crippen molar-refractivity contribution in [3.05, 3.63) is 0 Å². The van der Waals surface area contributed by atoms with E-state index in [0.29, 0.717) is 26.2 Å². The maximum atomic E-state index is 12.5. The first kappa shape index (κ1) is 10.5. The molecule has 0 aromatic carbocycles. The fraction of sp³-hybridized carbons (Fsp3) is 0.800. The van der Waals surface area contributed by atoms with E-state index in [2.05, 4.69) is 0 Å². The maximum absolute atomic E-state index is 12.5. The zero-order chi connectivity index (χ0) is 11.2. The third-order valence-electron chi connectivity index (χ3n) is 3.17. The highest BCUT2D eigenvalue weighted by Crippen LogP contribution is 2.44. The van der Waals surface area contributed by atoms with Crippen molar-refractivity contribution in [3.63, 3.8) is 0 Å². The molecule has 5 heteroatoms. The maximum Gasteiger partial charge on any atom is 0.376 e. The molecule has 0 heterocycles. The van der Waals surface area contributed by atoms with Crippen LogP contribution in [-0.2, 0) is 14.3 Å². The van der Waals surface area contributed by atoms with Crippen molar-refractivity contribution in [1.82, 2.24) is 0 Å². The quantitative estimate of drug-likeness (QED) is 0.660. The highest BCUT2D eigenvalue weighted by molar-refractivity contribution is 5.85. The zero-order valence-corrected chi connectivity index (χ0v) is 8.33. The highest BCUT2D eigenvalue weighted by atomic mass is 19.3. The first-order valence-corrected chi connectivity index (χ1v) is 4.99. The van der Waals surface area contributed by atoms with Gasteiger partial charge in [-0.3, -0.25) is 4.79 Å². The minimum absolute atomic E-state index is 0.0335. The molecule has 0 saturated heterocycles. The van der Waals surface area contributed by atoms with Crippen molar-refractivity contribution in [3.8, 4) is 0 Å². The summed E-state index contributed by atoms with van der Waals surface area (Å²) in [5.41, 5.74) is 0. The van der Waals surface area contributed by atoms with E-state index >= 15 is 0 Å². The highest BCUT2D eigenvalue weighted by Gasteiger charge is 2.48. The van der Waals surface area contributed by atoms with Crippen LogP contribution in [0.2, 0.25) is 0 Å².